The number of amides is 1. The Hall–Kier alpha value is -2.38. The van der Waals surface area contributed by atoms with E-state index in [-0.39, 0.29) is 18.0 Å². The molecule has 0 fully saturated rings. The number of non-ortho nitro benzene ring substituents is 1. The number of nitro benzene ring substituents is 1. The van der Waals surface area contributed by atoms with Crippen molar-refractivity contribution in [2.24, 2.45) is 0 Å². The molecule has 0 aliphatic carbocycles. The van der Waals surface area contributed by atoms with Crippen LogP contribution in [0.25, 0.3) is 6.08 Å². The van der Waals surface area contributed by atoms with Gasteiger partial charge >= 0.3 is 6.18 Å². The van der Waals surface area contributed by atoms with E-state index in [1.807, 2.05) is 0 Å². The third-order valence-electron chi connectivity index (χ3n) is 2.53. The number of hydrogen-bond donors (Lipinski definition) is 1. The number of nitrogens with one attached hydrogen (secondary N) is 1. The molecule has 0 spiro atoms. The highest BCUT2D eigenvalue weighted by atomic mass is 19.4. The Morgan fingerprint density at radius 1 is 1.43 bits per heavy atom. The number of rotatable bonds is 5. The van der Waals surface area contributed by atoms with Gasteiger partial charge in [0.05, 0.1) is 10.5 Å². The lowest BCUT2D eigenvalue weighted by molar-refractivity contribution is -0.384. The molecule has 0 aromatic heterocycles. The van der Waals surface area contributed by atoms with Crippen molar-refractivity contribution in [1.29, 1.82) is 0 Å². The fourth-order valence-corrected chi connectivity index (χ4v) is 1.60. The van der Waals surface area contributed by atoms with E-state index >= 15 is 0 Å². The van der Waals surface area contributed by atoms with Gasteiger partial charge in [0.2, 0.25) is 5.91 Å². The zero-order chi connectivity index (χ0) is 16.0. The van der Waals surface area contributed by atoms with Crippen molar-refractivity contribution in [3.05, 3.63) is 45.5 Å². The predicted octanol–water partition coefficient (Wildman–Crippen LogP) is 3.15. The Kier molecular flexibility index (Phi) is 5.45. The molecule has 21 heavy (non-hydrogen) atoms. The molecule has 0 aliphatic heterocycles. The van der Waals surface area contributed by atoms with E-state index in [1.165, 1.54) is 13.0 Å². The maximum absolute atomic E-state index is 12.8. The standard InChI is InChI=1S/C13H13F3N2O3/c1-9(19)17-7-3-2-4-10-8-11(18(20)21)5-6-12(10)13(14,15)16/h2,4-6,8H,3,7H2,1H3,(H,17,19). The minimum Gasteiger partial charge on any atom is -0.356 e. The van der Waals surface area contributed by atoms with Crippen LogP contribution in [0.15, 0.2) is 24.3 Å². The number of hydrogen-bond acceptors (Lipinski definition) is 3. The highest BCUT2D eigenvalue weighted by Crippen LogP contribution is 2.34. The Bertz CT molecular complexity index is 568. The zero-order valence-corrected chi connectivity index (χ0v) is 11.1. The molecule has 1 aromatic rings. The molecule has 1 rings (SSSR count). The van der Waals surface area contributed by atoms with Gasteiger partial charge in [0, 0.05) is 25.6 Å². The van der Waals surface area contributed by atoms with Gasteiger partial charge in [-0.05, 0) is 18.1 Å². The molecule has 1 aromatic carbocycles. The summed E-state index contributed by atoms with van der Waals surface area (Å²) in [5, 5.41) is 13.1. The quantitative estimate of drug-likeness (QED) is 0.516. The molecular formula is C13H13F3N2O3. The number of nitro groups is 1. The van der Waals surface area contributed by atoms with Gasteiger partial charge in [0.15, 0.2) is 0 Å². The molecule has 1 amide bonds. The van der Waals surface area contributed by atoms with Crippen molar-refractivity contribution in [1.82, 2.24) is 5.32 Å². The van der Waals surface area contributed by atoms with Crippen molar-refractivity contribution in [2.45, 2.75) is 19.5 Å². The first-order valence-corrected chi connectivity index (χ1v) is 5.98. The molecule has 0 unspecified atom stereocenters. The van der Waals surface area contributed by atoms with E-state index in [2.05, 4.69) is 5.32 Å². The molecule has 0 heterocycles. The Morgan fingerprint density at radius 3 is 2.62 bits per heavy atom. The van der Waals surface area contributed by atoms with E-state index in [1.54, 1.807) is 0 Å². The topological polar surface area (TPSA) is 72.2 Å². The van der Waals surface area contributed by atoms with E-state index in [9.17, 15) is 28.1 Å². The van der Waals surface area contributed by atoms with Crippen molar-refractivity contribution in [3.8, 4) is 0 Å². The van der Waals surface area contributed by atoms with E-state index < -0.39 is 22.4 Å². The van der Waals surface area contributed by atoms with Gasteiger partial charge in [-0.2, -0.15) is 13.2 Å². The highest BCUT2D eigenvalue weighted by Gasteiger charge is 2.33. The molecule has 8 heteroatoms. The Morgan fingerprint density at radius 2 is 2.10 bits per heavy atom. The number of carbonyl (C=O) groups is 1. The lowest BCUT2D eigenvalue weighted by Gasteiger charge is -2.10. The maximum Gasteiger partial charge on any atom is 0.416 e. The lowest BCUT2D eigenvalue weighted by Crippen LogP contribution is -2.20. The minimum absolute atomic E-state index is 0.241. The molecule has 0 radical (unpaired) electrons. The van der Waals surface area contributed by atoms with Crippen LogP contribution in [0.4, 0.5) is 18.9 Å². The van der Waals surface area contributed by atoms with Gasteiger partial charge < -0.3 is 5.32 Å². The van der Waals surface area contributed by atoms with E-state index in [0.29, 0.717) is 12.5 Å². The second-order valence-electron chi connectivity index (χ2n) is 4.20. The van der Waals surface area contributed by atoms with E-state index in [0.717, 1.165) is 18.2 Å². The van der Waals surface area contributed by atoms with Crippen LogP contribution in [0.5, 0.6) is 0 Å². The fraction of sp³-hybridized carbons (Fsp3) is 0.308. The summed E-state index contributed by atoms with van der Waals surface area (Å²) in [6.07, 6.45) is -1.69. The second-order valence-corrected chi connectivity index (χ2v) is 4.20. The summed E-state index contributed by atoms with van der Waals surface area (Å²) >= 11 is 0. The molecule has 114 valence electrons. The largest absolute Gasteiger partial charge is 0.416 e. The predicted molar refractivity (Wildman–Crippen MR) is 70.4 cm³/mol. The Labute approximate surface area is 118 Å². The SMILES string of the molecule is CC(=O)NCCC=Cc1cc([N+](=O)[O-])ccc1C(F)(F)F. The number of benzene rings is 1. The number of carbonyl (C=O) groups excluding carboxylic acids is 1. The Balaban J connectivity index is 2.96. The van der Waals surface area contributed by atoms with Crippen molar-refractivity contribution >= 4 is 17.7 Å². The van der Waals surface area contributed by atoms with Crippen molar-refractivity contribution in [2.75, 3.05) is 6.54 Å². The third-order valence-corrected chi connectivity index (χ3v) is 2.53. The third kappa shape index (κ3) is 5.25. The van der Waals surface area contributed by atoms with Crippen LogP contribution in [0.1, 0.15) is 24.5 Å². The zero-order valence-electron chi connectivity index (χ0n) is 11.1. The molecule has 5 nitrogen and oxygen atoms in total. The first kappa shape index (κ1) is 16.7. The van der Waals surface area contributed by atoms with Crippen molar-refractivity contribution in [3.63, 3.8) is 0 Å². The molecule has 0 aliphatic rings. The summed E-state index contributed by atoms with van der Waals surface area (Å²) < 4.78 is 38.4. The van der Waals surface area contributed by atoms with Crippen molar-refractivity contribution < 1.29 is 22.9 Å². The summed E-state index contributed by atoms with van der Waals surface area (Å²) in [5.74, 6) is -0.241. The number of nitrogens with zero attached hydrogens (tertiary/aromatic N) is 1. The van der Waals surface area contributed by atoms with E-state index in [4.69, 9.17) is 0 Å². The van der Waals surface area contributed by atoms with Crippen LogP contribution in [-0.2, 0) is 11.0 Å². The fourth-order valence-electron chi connectivity index (χ4n) is 1.60. The van der Waals surface area contributed by atoms with Gasteiger partial charge in [-0.1, -0.05) is 12.2 Å². The van der Waals surface area contributed by atoms with Crippen LogP contribution in [0, 0.1) is 10.1 Å². The van der Waals surface area contributed by atoms with Gasteiger partial charge in [0.1, 0.15) is 0 Å². The highest BCUT2D eigenvalue weighted by molar-refractivity contribution is 5.72. The average Bonchev–Trinajstić information content (AvgIpc) is 2.36. The van der Waals surface area contributed by atoms with Crippen LogP contribution in [-0.4, -0.2) is 17.4 Å². The first-order valence-electron chi connectivity index (χ1n) is 5.98. The number of halogens is 3. The summed E-state index contributed by atoms with van der Waals surface area (Å²) in [6.45, 7) is 1.61. The molecule has 0 saturated heterocycles. The lowest BCUT2D eigenvalue weighted by atomic mass is 10.1. The molecule has 0 saturated carbocycles. The summed E-state index contributed by atoms with van der Waals surface area (Å²) in [7, 11) is 0. The van der Waals surface area contributed by atoms with Gasteiger partial charge in [-0.3, -0.25) is 14.9 Å². The normalized spacial score (nSPS) is 11.6. The van der Waals surface area contributed by atoms with Crippen LogP contribution < -0.4 is 5.32 Å². The summed E-state index contributed by atoms with van der Waals surface area (Å²) in [4.78, 5) is 20.5. The average molecular weight is 302 g/mol. The van der Waals surface area contributed by atoms with Crippen LogP contribution in [0.2, 0.25) is 0 Å². The smallest absolute Gasteiger partial charge is 0.356 e. The summed E-state index contributed by atoms with van der Waals surface area (Å²) in [6, 6.07) is 2.38. The second kappa shape index (κ2) is 6.87. The van der Waals surface area contributed by atoms with Gasteiger partial charge in [-0.25, -0.2) is 0 Å². The minimum atomic E-state index is -4.59. The van der Waals surface area contributed by atoms with Crippen LogP contribution in [0.3, 0.4) is 0 Å². The first-order chi connectivity index (χ1) is 9.71. The monoisotopic (exact) mass is 302 g/mol. The molecule has 0 bridgehead atoms. The van der Waals surface area contributed by atoms with Gasteiger partial charge in [-0.15, -0.1) is 0 Å². The van der Waals surface area contributed by atoms with Gasteiger partial charge in [0.25, 0.3) is 5.69 Å². The molecular weight excluding hydrogens is 289 g/mol. The summed E-state index contributed by atoms with van der Waals surface area (Å²) in [5.41, 5.74) is -1.63. The number of alkyl halides is 3. The maximum atomic E-state index is 12.8. The molecule has 0 atom stereocenters. The molecule has 1 N–H and O–H groups in total. The van der Waals surface area contributed by atoms with Crippen LogP contribution >= 0.6 is 0 Å².